The molecule has 120 valence electrons. The fourth-order valence-electron chi connectivity index (χ4n) is 2.79. The van der Waals surface area contributed by atoms with Crippen LogP contribution < -0.4 is 0 Å². The molecular weight excluding hydrogens is 333 g/mol. The fraction of sp³-hybridized carbons (Fsp3) is 0.278. The molecule has 2 unspecified atom stereocenters. The van der Waals surface area contributed by atoms with Gasteiger partial charge in [0.05, 0.1) is 10.9 Å². The molecule has 1 amide bonds. The number of halogens is 2. The number of hydrogen-bond donors (Lipinski definition) is 0. The molecule has 2 atom stereocenters. The van der Waals surface area contributed by atoms with Gasteiger partial charge in [-0.1, -0.05) is 29.8 Å². The normalized spacial score (nSPS) is 19.4. The number of thiophene rings is 1. The van der Waals surface area contributed by atoms with E-state index in [9.17, 15) is 9.18 Å². The fourth-order valence-corrected chi connectivity index (χ4v) is 3.90. The van der Waals surface area contributed by atoms with Gasteiger partial charge in [-0.3, -0.25) is 4.79 Å². The number of carbonyl (C=O) groups is 1. The van der Waals surface area contributed by atoms with Crippen molar-refractivity contribution in [1.82, 2.24) is 4.90 Å². The van der Waals surface area contributed by atoms with E-state index in [4.69, 9.17) is 11.6 Å². The molecule has 1 saturated carbocycles. The number of rotatable bonds is 6. The van der Waals surface area contributed by atoms with Crippen molar-refractivity contribution in [3.8, 4) is 0 Å². The summed E-state index contributed by atoms with van der Waals surface area (Å²) < 4.78 is 13.7. The second kappa shape index (κ2) is 6.85. The van der Waals surface area contributed by atoms with E-state index in [1.807, 2.05) is 17.0 Å². The number of hydrogen-bond acceptors (Lipinski definition) is 2. The minimum Gasteiger partial charge on any atom is -0.334 e. The highest BCUT2D eigenvalue weighted by Gasteiger charge is 2.45. The third-order valence-electron chi connectivity index (χ3n) is 4.04. The smallest absolute Gasteiger partial charge is 0.226 e. The van der Waals surface area contributed by atoms with Gasteiger partial charge in [-0.2, -0.15) is 0 Å². The average Bonchev–Trinajstić information content (AvgIpc) is 3.23. The minimum atomic E-state index is -0.250. The maximum atomic E-state index is 13.0. The molecule has 0 radical (unpaired) electrons. The Morgan fingerprint density at radius 1 is 1.35 bits per heavy atom. The van der Waals surface area contributed by atoms with Crippen LogP contribution in [0.2, 0.25) is 4.34 Å². The molecule has 1 fully saturated rings. The van der Waals surface area contributed by atoms with Crippen molar-refractivity contribution in [2.24, 2.45) is 5.92 Å². The molecule has 0 N–H and O–H groups in total. The van der Waals surface area contributed by atoms with Crippen molar-refractivity contribution in [1.29, 1.82) is 0 Å². The van der Waals surface area contributed by atoms with E-state index in [1.54, 1.807) is 18.2 Å². The first-order valence-corrected chi connectivity index (χ1v) is 8.67. The first kappa shape index (κ1) is 16.2. The molecule has 0 spiro atoms. The Hall–Kier alpha value is -1.65. The Morgan fingerprint density at radius 3 is 2.70 bits per heavy atom. The molecule has 23 heavy (non-hydrogen) atoms. The van der Waals surface area contributed by atoms with Crippen LogP contribution in [-0.2, 0) is 11.3 Å². The largest absolute Gasteiger partial charge is 0.334 e. The molecule has 3 rings (SSSR count). The van der Waals surface area contributed by atoms with Gasteiger partial charge in [0.1, 0.15) is 5.82 Å². The zero-order valence-corrected chi connectivity index (χ0v) is 14.1. The maximum Gasteiger partial charge on any atom is 0.226 e. The quantitative estimate of drug-likeness (QED) is 0.682. The molecular formula is C18H17ClFNOS. The Bertz CT molecular complexity index is 712. The zero-order chi connectivity index (χ0) is 16.4. The van der Waals surface area contributed by atoms with Crippen LogP contribution in [0.4, 0.5) is 4.39 Å². The summed E-state index contributed by atoms with van der Waals surface area (Å²) in [7, 11) is 0. The first-order valence-electron chi connectivity index (χ1n) is 7.48. The third-order valence-corrected chi connectivity index (χ3v) is 5.26. The predicted molar refractivity (Wildman–Crippen MR) is 92.2 cm³/mol. The number of benzene rings is 1. The first-order chi connectivity index (χ1) is 11.1. The van der Waals surface area contributed by atoms with E-state index in [0.717, 1.165) is 21.2 Å². The van der Waals surface area contributed by atoms with Gasteiger partial charge in [0.2, 0.25) is 5.91 Å². The van der Waals surface area contributed by atoms with Crippen LogP contribution in [0.25, 0.3) is 0 Å². The SMILES string of the molecule is C=CCN(Cc1ccc(Cl)s1)C(=O)C1CC1c1ccc(F)cc1. The summed E-state index contributed by atoms with van der Waals surface area (Å²) in [5.74, 6) is 0.0575. The van der Waals surface area contributed by atoms with Gasteiger partial charge in [-0.15, -0.1) is 17.9 Å². The topological polar surface area (TPSA) is 20.3 Å². The summed E-state index contributed by atoms with van der Waals surface area (Å²) >= 11 is 7.44. The Balaban J connectivity index is 1.67. The van der Waals surface area contributed by atoms with E-state index >= 15 is 0 Å². The van der Waals surface area contributed by atoms with E-state index in [-0.39, 0.29) is 23.6 Å². The van der Waals surface area contributed by atoms with Crippen molar-refractivity contribution in [2.75, 3.05) is 6.54 Å². The summed E-state index contributed by atoms with van der Waals surface area (Å²) in [5.41, 5.74) is 1.03. The Labute approximate surface area is 144 Å². The number of nitrogens with zero attached hydrogens (tertiary/aromatic N) is 1. The molecule has 2 nitrogen and oxygen atoms in total. The highest BCUT2D eigenvalue weighted by atomic mass is 35.5. The van der Waals surface area contributed by atoms with Crippen LogP contribution in [0.15, 0.2) is 49.1 Å². The van der Waals surface area contributed by atoms with Gasteiger partial charge in [0.15, 0.2) is 0 Å². The van der Waals surface area contributed by atoms with Crippen LogP contribution in [0.3, 0.4) is 0 Å². The summed E-state index contributed by atoms with van der Waals surface area (Å²) in [6.45, 7) is 4.80. The predicted octanol–water partition coefficient (Wildman–Crippen LogP) is 4.86. The molecule has 1 aliphatic carbocycles. The molecule has 1 aliphatic rings. The number of amides is 1. The van der Waals surface area contributed by atoms with Crippen LogP contribution in [0.5, 0.6) is 0 Å². The molecule has 2 aromatic rings. The van der Waals surface area contributed by atoms with Crippen molar-refractivity contribution >= 4 is 28.8 Å². The van der Waals surface area contributed by atoms with E-state index in [1.165, 1.54) is 23.5 Å². The molecule has 1 heterocycles. The van der Waals surface area contributed by atoms with E-state index < -0.39 is 0 Å². The lowest BCUT2D eigenvalue weighted by Crippen LogP contribution is -2.32. The van der Waals surface area contributed by atoms with Gasteiger partial charge in [-0.25, -0.2) is 4.39 Å². The lowest BCUT2D eigenvalue weighted by Gasteiger charge is -2.20. The molecule has 1 aromatic carbocycles. The molecule has 0 bridgehead atoms. The zero-order valence-electron chi connectivity index (χ0n) is 12.5. The van der Waals surface area contributed by atoms with E-state index in [2.05, 4.69) is 6.58 Å². The lowest BCUT2D eigenvalue weighted by molar-refractivity contribution is -0.132. The van der Waals surface area contributed by atoms with Gasteiger partial charge in [-0.05, 0) is 42.2 Å². The van der Waals surface area contributed by atoms with Gasteiger partial charge < -0.3 is 4.90 Å². The van der Waals surface area contributed by atoms with Crippen LogP contribution in [0.1, 0.15) is 22.8 Å². The summed E-state index contributed by atoms with van der Waals surface area (Å²) in [4.78, 5) is 15.6. The van der Waals surface area contributed by atoms with Crippen molar-refractivity contribution in [3.63, 3.8) is 0 Å². The second-order valence-corrected chi connectivity index (χ2v) is 7.51. The highest BCUT2D eigenvalue weighted by molar-refractivity contribution is 7.16. The van der Waals surface area contributed by atoms with Crippen molar-refractivity contribution < 1.29 is 9.18 Å². The molecule has 0 aliphatic heterocycles. The number of carbonyl (C=O) groups excluding carboxylic acids is 1. The Morgan fingerprint density at radius 2 is 2.09 bits per heavy atom. The second-order valence-electron chi connectivity index (χ2n) is 5.71. The summed E-state index contributed by atoms with van der Waals surface area (Å²) in [6, 6.07) is 10.2. The third kappa shape index (κ3) is 3.82. The lowest BCUT2D eigenvalue weighted by atomic mass is 10.1. The summed E-state index contributed by atoms with van der Waals surface area (Å²) in [5, 5.41) is 0. The summed E-state index contributed by atoms with van der Waals surface area (Å²) in [6.07, 6.45) is 2.56. The minimum absolute atomic E-state index is 0.0177. The molecule has 1 aromatic heterocycles. The van der Waals surface area contributed by atoms with E-state index in [0.29, 0.717) is 13.1 Å². The Kier molecular flexibility index (Phi) is 4.83. The maximum absolute atomic E-state index is 13.0. The van der Waals surface area contributed by atoms with Crippen LogP contribution in [-0.4, -0.2) is 17.4 Å². The molecule has 0 saturated heterocycles. The monoisotopic (exact) mass is 349 g/mol. The van der Waals surface area contributed by atoms with Crippen LogP contribution >= 0.6 is 22.9 Å². The van der Waals surface area contributed by atoms with Crippen molar-refractivity contribution in [2.45, 2.75) is 18.9 Å². The van der Waals surface area contributed by atoms with Gasteiger partial charge in [0, 0.05) is 17.3 Å². The average molecular weight is 350 g/mol. The standard InChI is InChI=1S/C18H17ClFNOS/c1-2-9-21(11-14-7-8-17(19)23-14)18(22)16-10-15(16)12-3-5-13(20)6-4-12/h2-8,15-16H,1,9-11H2. The molecule has 5 heteroatoms. The van der Waals surface area contributed by atoms with Gasteiger partial charge in [0.25, 0.3) is 0 Å². The van der Waals surface area contributed by atoms with Crippen LogP contribution in [0, 0.1) is 11.7 Å². The van der Waals surface area contributed by atoms with Crippen molar-refractivity contribution in [3.05, 3.63) is 69.6 Å². The highest BCUT2D eigenvalue weighted by Crippen LogP contribution is 2.48. The van der Waals surface area contributed by atoms with Gasteiger partial charge >= 0.3 is 0 Å².